The van der Waals surface area contributed by atoms with Crippen molar-refractivity contribution in [3.63, 3.8) is 0 Å². The van der Waals surface area contributed by atoms with Gasteiger partial charge in [-0.3, -0.25) is 4.68 Å². The van der Waals surface area contributed by atoms with Crippen LogP contribution >= 0.6 is 0 Å². The summed E-state index contributed by atoms with van der Waals surface area (Å²) < 4.78 is 6.84. The van der Waals surface area contributed by atoms with E-state index in [9.17, 15) is 4.79 Å². The third-order valence-electron chi connectivity index (χ3n) is 2.93. The number of benzene rings is 1. The van der Waals surface area contributed by atoms with Crippen LogP contribution in [0.4, 0.5) is 4.79 Å². The highest BCUT2D eigenvalue weighted by atomic mass is 16.5. The topological polar surface area (TPSA) is 56.2 Å². The number of hydrogen-bond donors (Lipinski definition) is 1. The molecule has 0 aliphatic heterocycles. The Balaban J connectivity index is 1.83. The predicted molar refractivity (Wildman–Crippen MR) is 76.8 cm³/mol. The molecule has 2 aromatic rings. The van der Waals surface area contributed by atoms with E-state index in [1.165, 1.54) is 0 Å². The van der Waals surface area contributed by atoms with Crippen LogP contribution in [-0.2, 0) is 24.9 Å². The van der Waals surface area contributed by atoms with Gasteiger partial charge in [0, 0.05) is 12.6 Å². The smallest absolute Gasteiger partial charge is 0.407 e. The zero-order valence-corrected chi connectivity index (χ0v) is 11.4. The first-order chi connectivity index (χ1) is 9.70. The summed E-state index contributed by atoms with van der Waals surface area (Å²) in [6.07, 6.45) is 2.96. The van der Waals surface area contributed by atoms with Gasteiger partial charge in [-0.25, -0.2) is 4.79 Å². The molecule has 0 aliphatic carbocycles. The summed E-state index contributed by atoms with van der Waals surface area (Å²) >= 11 is 0. The van der Waals surface area contributed by atoms with Crippen LogP contribution in [0.2, 0.25) is 0 Å². The number of carbonyl (C=O) groups excluding carboxylic acids is 1. The fourth-order valence-corrected chi connectivity index (χ4v) is 1.80. The molecule has 1 aromatic carbocycles. The van der Waals surface area contributed by atoms with E-state index in [-0.39, 0.29) is 6.61 Å². The first-order valence-corrected chi connectivity index (χ1v) is 6.28. The van der Waals surface area contributed by atoms with Gasteiger partial charge in [-0.2, -0.15) is 5.10 Å². The van der Waals surface area contributed by atoms with E-state index in [1.807, 2.05) is 37.4 Å². The Morgan fingerprint density at radius 1 is 1.45 bits per heavy atom. The SMILES string of the molecule is C=Cc1cnn(C)c1CNC(=O)OCc1ccccc1. The molecule has 2 rings (SSSR count). The normalized spacial score (nSPS) is 10.1. The highest BCUT2D eigenvalue weighted by Gasteiger charge is 2.08. The van der Waals surface area contributed by atoms with Crippen LogP contribution in [0.1, 0.15) is 16.8 Å². The van der Waals surface area contributed by atoms with Crippen LogP contribution in [0.3, 0.4) is 0 Å². The summed E-state index contributed by atoms with van der Waals surface area (Å²) in [5.41, 5.74) is 2.74. The lowest BCUT2D eigenvalue weighted by Gasteiger charge is -2.08. The lowest BCUT2D eigenvalue weighted by molar-refractivity contribution is 0.139. The zero-order valence-electron chi connectivity index (χ0n) is 11.4. The molecule has 0 radical (unpaired) electrons. The van der Waals surface area contributed by atoms with Gasteiger partial charge in [0.05, 0.1) is 18.4 Å². The Morgan fingerprint density at radius 2 is 2.20 bits per heavy atom. The van der Waals surface area contributed by atoms with Gasteiger partial charge in [0.25, 0.3) is 0 Å². The fraction of sp³-hybridized carbons (Fsp3) is 0.200. The zero-order chi connectivity index (χ0) is 14.4. The minimum atomic E-state index is -0.454. The largest absolute Gasteiger partial charge is 0.445 e. The average Bonchev–Trinajstić information content (AvgIpc) is 2.84. The van der Waals surface area contributed by atoms with E-state index in [4.69, 9.17) is 4.74 Å². The van der Waals surface area contributed by atoms with Crippen LogP contribution in [0.5, 0.6) is 0 Å². The maximum Gasteiger partial charge on any atom is 0.407 e. The van der Waals surface area contributed by atoms with Gasteiger partial charge in [-0.15, -0.1) is 0 Å². The molecule has 0 saturated carbocycles. The Hall–Kier alpha value is -2.56. The van der Waals surface area contributed by atoms with Crippen molar-refractivity contribution in [3.05, 3.63) is 59.9 Å². The molecule has 1 heterocycles. The lowest BCUT2D eigenvalue weighted by atomic mass is 10.2. The molecule has 0 saturated heterocycles. The number of aromatic nitrogens is 2. The minimum Gasteiger partial charge on any atom is -0.445 e. The van der Waals surface area contributed by atoms with Crippen molar-refractivity contribution in [3.8, 4) is 0 Å². The molecule has 104 valence electrons. The summed E-state index contributed by atoms with van der Waals surface area (Å²) in [6, 6.07) is 9.54. The maximum atomic E-state index is 11.6. The van der Waals surface area contributed by atoms with Gasteiger partial charge >= 0.3 is 6.09 Å². The molecule has 5 heteroatoms. The number of nitrogens with zero attached hydrogens (tertiary/aromatic N) is 2. The lowest BCUT2D eigenvalue weighted by Crippen LogP contribution is -2.25. The monoisotopic (exact) mass is 271 g/mol. The molecule has 0 bridgehead atoms. The number of carbonyl (C=O) groups is 1. The summed E-state index contributed by atoms with van der Waals surface area (Å²) in [5, 5.41) is 6.81. The molecule has 0 atom stereocenters. The van der Waals surface area contributed by atoms with Crippen molar-refractivity contribution in [1.82, 2.24) is 15.1 Å². The van der Waals surface area contributed by atoms with Crippen molar-refractivity contribution >= 4 is 12.2 Å². The molecular formula is C15H17N3O2. The number of nitrogens with one attached hydrogen (secondary N) is 1. The van der Waals surface area contributed by atoms with Crippen LogP contribution < -0.4 is 5.32 Å². The molecule has 1 N–H and O–H groups in total. The second-order valence-electron chi connectivity index (χ2n) is 4.29. The fourth-order valence-electron chi connectivity index (χ4n) is 1.80. The van der Waals surface area contributed by atoms with E-state index in [2.05, 4.69) is 17.0 Å². The standard InChI is InChI=1S/C15H17N3O2/c1-3-13-9-17-18(2)14(13)10-16-15(19)20-11-12-7-5-4-6-8-12/h3-9H,1,10-11H2,2H3,(H,16,19). The van der Waals surface area contributed by atoms with Crippen molar-refractivity contribution in [2.75, 3.05) is 0 Å². The van der Waals surface area contributed by atoms with E-state index >= 15 is 0 Å². The number of ether oxygens (including phenoxy) is 1. The summed E-state index contributed by atoms with van der Waals surface area (Å²) in [6.45, 7) is 4.32. The first-order valence-electron chi connectivity index (χ1n) is 6.28. The van der Waals surface area contributed by atoms with Gasteiger partial charge in [0.15, 0.2) is 0 Å². The second kappa shape index (κ2) is 6.56. The Labute approximate surface area is 117 Å². The Bertz CT molecular complexity index is 590. The van der Waals surface area contributed by atoms with Crippen LogP contribution in [0.25, 0.3) is 6.08 Å². The van der Waals surface area contributed by atoms with Crippen LogP contribution in [-0.4, -0.2) is 15.9 Å². The molecule has 20 heavy (non-hydrogen) atoms. The highest BCUT2D eigenvalue weighted by molar-refractivity contribution is 5.67. The summed E-state index contributed by atoms with van der Waals surface area (Å²) in [5.74, 6) is 0. The number of aryl methyl sites for hydroxylation is 1. The molecule has 0 aliphatic rings. The number of amides is 1. The highest BCUT2D eigenvalue weighted by Crippen LogP contribution is 2.08. The predicted octanol–water partition coefficient (Wildman–Crippen LogP) is 2.49. The first kappa shape index (κ1) is 13.9. The number of alkyl carbamates (subject to hydrolysis) is 1. The Morgan fingerprint density at radius 3 is 2.90 bits per heavy atom. The Kier molecular flexibility index (Phi) is 4.55. The molecule has 1 amide bonds. The van der Waals surface area contributed by atoms with Crippen molar-refractivity contribution in [1.29, 1.82) is 0 Å². The number of hydrogen-bond acceptors (Lipinski definition) is 3. The van der Waals surface area contributed by atoms with Crippen LogP contribution in [0.15, 0.2) is 43.1 Å². The third-order valence-corrected chi connectivity index (χ3v) is 2.93. The second-order valence-corrected chi connectivity index (χ2v) is 4.29. The van der Waals surface area contributed by atoms with Gasteiger partial charge in [-0.05, 0) is 5.56 Å². The summed E-state index contributed by atoms with van der Waals surface area (Å²) in [4.78, 5) is 11.6. The molecule has 0 fully saturated rings. The van der Waals surface area contributed by atoms with E-state index in [0.29, 0.717) is 6.54 Å². The van der Waals surface area contributed by atoms with Gasteiger partial charge in [0.2, 0.25) is 0 Å². The van der Waals surface area contributed by atoms with Crippen molar-refractivity contribution < 1.29 is 9.53 Å². The maximum absolute atomic E-state index is 11.6. The minimum absolute atomic E-state index is 0.256. The van der Waals surface area contributed by atoms with Gasteiger partial charge in [-0.1, -0.05) is 43.0 Å². The van der Waals surface area contributed by atoms with Crippen molar-refractivity contribution in [2.45, 2.75) is 13.2 Å². The molecule has 0 unspecified atom stereocenters. The van der Waals surface area contributed by atoms with E-state index < -0.39 is 6.09 Å². The average molecular weight is 271 g/mol. The van der Waals surface area contributed by atoms with Gasteiger partial charge < -0.3 is 10.1 Å². The van der Waals surface area contributed by atoms with E-state index in [0.717, 1.165) is 16.8 Å². The molecule has 5 nitrogen and oxygen atoms in total. The van der Waals surface area contributed by atoms with Gasteiger partial charge in [0.1, 0.15) is 6.61 Å². The molecular weight excluding hydrogens is 254 g/mol. The summed E-state index contributed by atoms with van der Waals surface area (Å²) in [7, 11) is 1.82. The van der Waals surface area contributed by atoms with E-state index in [1.54, 1.807) is 17.0 Å². The third kappa shape index (κ3) is 3.47. The van der Waals surface area contributed by atoms with Crippen LogP contribution in [0, 0.1) is 0 Å². The molecule has 1 aromatic heterocycles. The van der Waals surface area contributed by atoms with Crippen molar-refractivity contribution in [2.24, 2.45) is 7.05 Å². The quantitative estimate of drug-likeness (QED) is 0.909. The number of rotatable bonds is 5. The molecule has 0 spiro atoms.